The van der Waals surface area contributed by atoms with Crippen LogP contribution in [-0.2, 0) is 0 Å². The topological polar surface area (TPSA) is 38.7 Å². The van der Waals surface area contributed by atoms with Crippen molar-refractivity contribution in [2.24, 2.45) is 0 Å². The lowest BCUT2D eigenvalue weighted by Crippen LogP contribution is -2.01. The third kappa shape index (κ3) is 5.95. The minimum absolute atomic E-state index is 0.631. The smallest absolute Gasteiger partial charge is 0.164 e. The van der Waals surface area contributed by atoms with Crippen molar-refractivity contribution >= 4 is 53.7 Å². The number of benzene rings is 9. The molecule has 266 valence electrons. The average Bonchev–Trinajstić information content (AvgIpc) is 3.73. The highest BCUT2D eigenvalue weighted by Gasteiger charge is 2.17. The van der Waals surface area contributed by atoms with Crippen LogP contribution in [0.2, 0.25) is 0 Å². The number of hydrogen-bond donors (Lipinski definition) is 0. The van der Waals surface area contributed by atoms with Gasteiger partial charge in [0.25, 0.3) is 0 Å². The number of thiophene rings is 1. The first kappa shape index (κ1) is 33.1. The molecular weight excluding hydrogens is 711 g/mol. The molecule has 0 saturated heterocycles. The van der Waals surface area contributed by atoms with E-state index in [1.165, 1.54) is 58.4 Å². The molecule has 0 amide bonds. The quantitative estimate of drug-likeness (QED) is 0.126. The summed E-state index contributed by atoms with van der Waals surface area (Å²) < 4.78 is 1.29. The molecule has 11 rings (SSSR count). The van der Waals surface area contributed by atoms with Gasteiger partial charge in [-0.1, -0.05) is 182 Å². The zero-order valence-corrected chi connectivity index (χ0v) is 31.6. The summed E-state index contributed by atoms with van der Waals surface area (Å²) in [6, 6.07) is 71.1. The lowest BCUT2D eigenvalue weighted by Gasteiger charge is -2.15. The van der Waals surface area contributed by atoms with Crippen LogP contribution >= 0.6 is 11.3 Å². The Labute approximate surface area is 334 Å². The fraction of sp³-hybridized carbons (Fsp3) is 0. The Kier molecular flexibility index (Phi) is 8.01. The summed E-state index contributed by atoms with van der Waals surface area (Å²) in [6.07, 6.45) is 0. The van der Waals surface area contributed by atoms with Crippen molar-refractivity contribution < 1.29 is 0 Å². The van der Waals surface area contributed by atoms with Crippen LogP contribution < -0.4 is 0 Å². The van der Waals surface area contributed by atoms with Gasteiger partial charge in [0.2, 0.25) is 0 Å². The van der Waals surface area contributed by atoms with Crippen LogP contribution in [0.4, 0.5) is 0 Å². The summed E-state index contributed by atoms with van der Waals surface area (Å²) in [4.78, 5) is 16.7. The first-order valence-electron chi connectivity index (χ1n) is 19.2. The lowest BCUT2D eigenvalue weighted by molar-refractivity contribution is 1.07. The van der Waals surface area contributed by atoms with Gasteiger partial charge in [-0.15, -0.1) is 11.3 Å². The number of fused-ring (bicyclic) bond motifs is 5. The van der Waals surface area contributed by atoms with Gasteiger partial charge in [0.15, 0.2) is 17.5 Å². The van der Waals surface area contributed by atoms with Crippen LogP contribution in [0.5, 0.6) is 0 Å². The Morgan fingerprint density at radius 1 is 0.298 bits per heavy atom. The van der Waals surface area contributed by atoms with E-state index in [-0.39, 0.29) is 0 Å². The zero-order valence-electron chi connectivity index (χ0n) is 30.8. The molecule has 0 N–H and O–H groups in total. The normalized spacial score (nSPS) is 11.5. The Balaban J connectivity index is 1.05. The number of nitrogens with zero attached hydrogens (tertiary/aromatic N) is 3. The predicted octanol–water partition coefficient (Wildman–Crippen LogP) is 14.5. The summed E-state index contributed by atoms with van der Waals surface area (Å²) in [5, 5.41) is 8.72. The SMILES string of the molecule is c1ccc(-c2ccccc2-c2nc(-c3ccc(-c4cc5ccccc5s4)cc3)nc(-c3ccc(-c4c5ccccc5cc5c4ccc4ccccc45)cc3)n2)cc1. The van der Waals surface area contributed by atoms with E-state index in [0.717, 1.165) is 33.4 Å². The number of rotatable bonds is 6. The van der Waals surface area contributed by atoms with Crippen LogP contribution in [0.3, 0.4) is 0 Å². The van der Waals surface area contributed by atoms with Crippen LogP contribution in [-0.4, -0.2) is 15.0 Å². The maximum absolute atomic E-state index is 5.19. The molecule has 0 atom stereocenters. The molecule has 4 heteroatoms. The van der Waals surface area contributed by atoms with Crippen molar-refractivity contribution in [3.63, 3.8) is 0 Å². The van der Waals surface area contributed by atoms with Gasteiger partial charge in [0.1, 0.15) is 0 Å². The fourth-order valence-electron chi connectivity index (χ4n) is 8.13. The molecule has 0 aliphatic rings. The van der Waals surface area contributed by atoms with Gasteiger partial charge in [-0.2, -0.15) is 0 Å². The van der Waals surface area contributed by atoms with Gasteiger partial charge in [0, 0.05) is 26.3 Å². The first-order valence-corrected chi connectivity index (χ1v) is 20.0. The Morgan fingerprint density at radius 2 is 0.860 bits per heavy atom. The summed E-state index contributed by atoms with van der Waals surface area (Å²) in [5.74, 6) is 1.91. The second kappa shape index (κ2) is 13.8. The summed E-state index contributed by atoms with van der Waals surface area (Å²) in [7, 11) is 0. The Morgan fingerprint density at radius 3 is 1.60 bits per heavy atom. The van der Waals surface area contributed by atoms with Crippen molar-refractivity contribution in [2.45, 2.75) is 0 Å². The van der Waals surface area contributed by atoms with E-state index in [2.05, 4.69) is 194 Å². The third-order valence-electron chi connectivity index (χ3n) is 10.9. The molecule has 0 radical (unpaired) electrons. The number of hydrogen-bond acceptors (Lipinski definition) is 4. The maximum Gasteiger partial charge on any atom is 0.164 e. The van der Waals surface area contributed by atoms with Gasteiger partial charge >= 0.3 is 0 Å². The molecule has 11 aromatic rings. The van der Waals surface area contributed by atoms with Crippen LogP contribution in [0, 0.1) is 0 Å². The minimum atomic E-state index is 0.631. The molecule has 0 bridgehead atoms. The molecule has 0 spiro atoms. The van der Waals surface area contributed by atoms with E-state index < -0.39 is 0 Å². The zero-order chi connectivity index (χ0) is 37.7. The Bertz CT molecular complexity index is 3240. The second-order valence-electron chi connectivity index (χ2n) is 14.4. The molecule has 2 heterocycles. The van der Waals surface area contributed by atoms with E-state index >= 15 is 0 Å². The second-order valence-corrected chi connectivity index (χ2v) is 15.5. The predicted molar refractivity (Wildman–Crippen MR) is 240 cm³/mol. The molecule has 0 unspecified atom stereocenters. The van der Waals surface area contributed by atoms with Crippen molar-refractivity contribution in [1.29, 1.82) is 0 Å². The molecular formula is C53H33N3S. The molecule has 0 aliphatic carbocycles. The lowest BCUT2D eigenvalue weighted by atomic mass is 9.89. The Hall–Kier alpha value is -7.27. The minimum Gasteiger partial charge on any atom is -0.208 e. The highest BCUT2D eigenvalue weighted by atomic mass is 32.1. The van der Waals surface area contributed by atoms with Gasteiger partial charge in [0.05, 0.1) is 0 Å². The molecule has 0 fully saturated rings. The molecule has 3 nitrogen and oxygen atoms in total. The van der Waals surface area contributed by atoms with Crippen molar-refractivity contribution in [3.8, 4) is 66.9 Å². The largest absolute Gasteiger partial charge is 0.208 e. The van der Waals surface area contributed by atoms with E-state index in [9.17, 15) is 0 Å². The highest BCUT2D eigenvalue weighted by Crippen LogP contribution is 2.41. The fourth-order valence-corrected chi connectivity index (χ4v) is 9.20. The standard InChI is InChI=1S/C53H33N3S/c1-2-12-34(13-3-1)42-17-9-10-20-46(42)53-55-51(38-26-22-36(23-27-38)49-33-41-16-6-11-21-48(41)57-49)54-52(56-53)39-28-24-37(25-29-39)50-44-19-8-5-15-40(44)32-47-43-18-7-4-14-35(43)30-31-45(47)50/h1-33H. The summed E-state index contributed by atoms with van der Waals surface area (Å²) in [6.45, 7) is 0. The maximum atomic E-state index is 5.19. The highest BCUT2D eigenvalue weighted by molar-refractivity contribution is 7.22. The molecule has 9 aromatic carbocycles. The number of aromatic nitrogens is 3. The van der Waals surface area contributed by atoms with Crippen molar-refractivity contribution in [1.82, 2.24) is 15.0 Å². The van der Waals surface area contributed by atoms with E-state index in [1.807, 2.05) is 17.4 Å². The average molecular weight is 744 g/mol. The van der Waals surface area contributed by atoms with Gasteiger partial charge < -0.3 is 0 Å². The van der Waals surface area contributed by atoms with Gasteiger partial charge in [-0.25, -0.2) is 15.0 Å². The molecule has 0 aliphatic heterocycles. The molecule has 0 saturated carbocycles. The van der Waals surface area contributed by atoms with Gasteiger partial charge in [-0.3, -0.25) is 0 Å². The summed E-state index contributed by atoms with van der Waals surface area (Å²) >= 11 is 1.81. The van der Waals surface area contributed by atoms with Gasteiger partial charge in [-0.05, 0) is 83.7 Å². The van der Waals surface area contributed by atoms with E-state index in [1.54, 1.807) is 0 Å². The van der Waals surface area contributed by atoms with Crippen LogP contribution in [0.25, 0.3) is 109 Å². The molecule has 2 aromatic heterocycles. The van der Waals surface area contributed by atoms with Crippen LogP contribution in [0.1, 0.15) is 0 Å². The van der Waals surface area contributed by atoms with Crippen molar-refractivity contribution in [2.75, 3.05) is 0 Å². The van der Waals surface area contributed by atoms with Crippen LogP contribution in [0.15, 0.2) is 200 Å². The third-order valence-corrected chi connectivity index (χ3v) is 12.1. The molecule has 57 heavy (non-hydrogen) atoms. The monoisotopic (exact) mass is 743 g/mol. The van der Waals surface area contributed by atoms with E-state index in [0.29, 0.717) is 17.5 Å². The van der Waals surface area contributed by atoms with Crippen molar-refractivity contribution in [3.05, 3.63) is 200 Å². The first-order chi connectivity index (χ1) is 28.2. The van der Waals surface area contributed by atoms with E-state index in [4.69, 9.17) is 15.0 Å². The summed E-state index contributed by atoms with van der Waals surface area (Å²) in [5.41, 5.74) is 8.57.